The fourth-order valence-corrected chi connectivity index (χ4v) is 1.50. The standard InChI is InChI=1S/C13H26N6/c1-7-19(8-2)12-17-10(14)16-11(18-12)15-9(3)13(4,5)6/h9H,7-8H2,1-6H3,(H3,14,15,16,17,18). The molecule has 1 atom stereocenters. The maximum absolute atomic E-state index is 5.76. The third-order valence-electron chi connectivity index (χ3n) is 3.33. The van der Waals surface area contributed by atoms with E-state index in [1.54, 1.807) is 0 Å². The van der Waals surface area contributed by atoms with Crippen LogP contribution in [-0.2, 0) is 0 Å². The average Bonchev–Trinajstić information content (AvgIpc) is 2.28. The topological polar surface area (TPSA) is 80.0 Å². The number of hydrogen-bond acceptors (Lipinski definition) is 6. The molecular weight excluding hydrogens is 240 g/mol. The van der Waals surface area contributed by atoms with Crippen LogP contribution in [0.2, 0.25) is 0 Å². The van der Waals surface area contributed by atoms with Crippen LogP contribution in [0.5, 0.6) is 0 Å². The summed E-state index contributed by atoms with van der Waals surface area (Å²) in [6.45, 7) is 14.4. The number of rotatable bonds is 5. The van der Waals surface area contributed by atoms with Crippen molar-refractivity contribution in [2.24, 2.45) is 5.41 Å². The van der Waals surface area contributed by atoms with Crippen LogP contribution >= 0.6 is 0 Å². The van der Waals surface area contributed by atoms with Crippen molar-refractivity contribution in [2.75, 3.05) is 29.0 Å². The first-order chi connectivity index (χ1) is 8.77. The van der Waals surface area contributed by atoms with Crippen LogP contribution in [-0.4, -0.2) is 34.1 Å². The number of nitrogens with zero attached hydrogens (tertiary/aromatic N) is 4. The number of nitrogens with two attached hydrogens (primary N) is 1. The first-order valence-electron chi connectivity index (χ1n) is 6.81. The zero-order chi connectivity index (χ0) is 14.6. The van der Waals surface area contributed by atoms with E-state index in [0.717, 1.165) is 13.1 Å². The summed E-state index contributed by atoms with van der Waals surface area (Å²) in [6.07, 6.45) is 0. The van der Waals surface area contributed by atoms with Crippen molar-refractivity contribution in [2.45, 2.75) is 47.6 Å². The number of aromatic nitrogens is 3. The predicted molar refractivity (Wildman–Crippen MR) is 80.3 cm³/mol. The molecule has 0 bridgehead atoms. The first kappa shape index (κ1) is 15.5. The van der Waals surface area contributed by atoms with E-state index in [1.807, 2.05) is 4.90 Å². The molecule has 0 aliphatic carbocycles. The van der Waals surface area contributed by atoms with E-state index in [0.29, 0.717) is 11.9 Å². The molecule has 1 rings (SSSR count). The van der Waals surface area contributed by atoms with Gasteiger partial charge in [-0.3, -0.25) is 0 Å². The van der Waals surface area contributed by atoms with Crippen molar-refractivity contribution in [3.8, 4) is 0 Å². The maximum Gasteiger partial charge on any atom is 0.231 e. The summed E-state index contributed by atoms with van der Waals surface area (Å²) >= 11 is 0. The highest BCUT2D eigenvalue weighted by Gasteiger charge is 2.21. The van der Waals surface area contributed by atoms with E-state index in [-0.39, 0.29) is 17.4 Å². The molecule has 19 heavy (non-hydrogen) atoms. The van der Waals surface area contributed by atoms with Crippen LogP contribution in [0.1, 0.15) is 41.5 Å². The van der Waals surface area contributed by atoms with Gasteiger partial charge in [0.1, 0.15) is 0 Å². The van der Waals surface area contributed by atoms with E-state index in [2.05, 4.69) is 61.8 Å². The lowest BCUT2D eigenvalue weighted by molar-refractivity contribution is 0.358. The predicted octanol–water partition coefficient (Wildman–Crippen LogP) is 2.15. The molecule has 0 saturated carbocycles. The van der Waals surface area contributed by atoms with Crippen molar-refractivity contribution in [3.63, 3.8) is 0 Å². The number of anilines is 3. The Morgan fingerprint density at radius 3 is 2.21 bits per heavy atom. The Balaban J connectivity index is 2.97. The summed E-state index contributed by atoms with van der Waals surface area (Å²) < 4.78 is 0. The minimum Gasteiger partial charge on any atom is -0.368 e. The van der Waals surface area contributed by atoms with Crippen molar-refractivity contribution < 1.29 is 0 Å². The molecule has 0 aliphatic heterocycles. The van der Waals surface area contributed by atoms with Crippen LogP contribution in [0.3, 0.4) is 0 Å². The van der Waals surface area contributed by atoms with Gasteiger partial charge >= 0.3 is 0 Å². The summed E-state index contributed by atoms with van der Waals surface area (Å²) in [5.41, 5.74) is 5.88. The Hall–Kier alpha value is -1.59. The minimum atomic E-state index is 0.122. The smallest absolute Gasteiger partial charge is 0.231 e. The second-order valence-corrected chi connectivity index (χ2v) is 5.72. The lowest BCUT2D eigenvalue weighted by atomic mass is 9.88. The molecule has 0 fully saturated rings. The molecule has 0 saturated heterocycles. The Morgan fingerprint density at radius 1 is 1.16 bits per heavy atom. The van der Waals surface area contributed by atoms with Gasteiger partial charge in [-0.25, -0.2) is 0 Å². The monoisotopic (exact) mass is 266 g/mol. The van der Waals surface area contributed by atoms with Gasteiger partial charge in [-0.05, 0) is 26.2 Å². The van der Waals surface area contributed by atoms with Gasteiger partial charge in [0.15, 0.2) is 0 Å². The molecule has 1 aromatic rings. The van der Waals surface area contributed by atoms with E-state index in [1.165, 1.54) is 0 Å². The second-order valence-electron chi connectivity index (χ2n) is 5.72. The average molecular weight is 266 g/mol. The van der Waals surface area contributed by atoms with Gasteiger partial charge in [0.25, 0.3) is 0 Å². The van der Waals surface area contributed by atoms with Crippen molar-refractivity contribution in [1.82, 2.24) is 15.0 Å². The van der Waals surface area contributed by atoms with Gasteiger partial charge in [0.05, 0.1) is 0 Å². The van der Waals surface area contributed by atoms with E-state index in [4.69, 9.17) is 5.73 Å². The van der Waals surface area contributed by atoms with Gasteiger partial charge in [0, 0.05) is 19.1 Å². The number of nitrogens with one attached hydrogen (secondary N) is 1. The zero-order valence-electron chi connectivity index (χ0n) is 12.9. The van der Waals surface area contributed by atoms with Crippen LogP contribution < -0.4 is 16.0 Å². The molecule has 1 unspecified atom stereocenters. The van der Waals surface area contributed by atoms with Gasteiger partial charge in [-0.2, -0.15) is 15.0 Å². The largest absolute Gasteiger partial charge is 0.368 e. The molecule has 3 N–H and O–H groups in total. The molecule has 0 aromatic carbocycles. The molecule has 0 aliphatic rings. The summed E-state index contributed by atoms with van der Waals surface area (Å²) in [5.74, 6) is 1.42. The molecule has 6 nitrogen and oxygen atoms in total. The fraction of sp³-hybridized carbons (Fsp3) is 0.769. The van der Waals surface area contributed by atoms with Crippen LogP contribution in [0.25, 0.3) is 0 Å². The Kier molecular flexibility index (Phi) is 4.91. The number of nitrogen functional groups attached to an aromatic ring is 1. The highest BCUT2D eigenvalue weighted by Crippen LogP contribution is 2.22. The Labute approximate surface area is 115 Å². The zero-order valence-corrected chi connectivity index (χ0v) is 12.9. The molecule has 1 aromatic heterocycles. The Bertz CT molecular complexity index is 408. The third kappa shape index (κ3) is 4.22. The Morgan fingerprint density at radius 2 is 1.74 bits per heavy atom. The second kappa shape index (κ2) is 6.04. The lowest BCUT2D eigenvalue weighted by Crippen LogP contribution is -2.32. The summed E-state index contributed by atoms with van der Waals surface area (Å²) in [5, 5.41) is 3.30. The number of hydrogen-bond donors (Lipinski definition) is 2. The molecular formula is C13H26N6. The SMILES string of the molecule is CCN(CC)c1nc(N)nc(NC(C)C(C)(C)C)n1. The van der Waals surface area contributed by atoms with Gasteiger partial charge in [-0.1, -0.05) is 20.8 Å². The molecule has 0 amide bonds. The van der Waals surface area contributed by atoms with Crippen LogP contribution in [0.15, 0.2) is 0 Å². The van der Waals surface area contributed by atoms with E-state index >= 15 is 0 Å². The van der Waals surface area contributed by atoms with Crippen molar-refractivity contribution in [3.05, 3.63) is 0 Å². The summed E-state index contributed by atoms with van der Waals surface area (Å²) in [7, 11) is 0. The third-order valence-corrected chi connectivity index (χ3v) is 3.33. The van der Waals surface area contributed by atoms with E-state index in [9.17, 15) is 0 Å². The van der Waals surface area contributed by atoms with Crippen LogP contribution in [0.4, 0.5) is 17.8 Å². The lowest BCUT2D eigenvalue weighted by Gasteiger charge is -2.28. The van der Waals surface area contributed by atoms with Crippen molar-refractivity contribution >= 4 is 17.8 Å². The normalized spacial score (nSPS) is 13.2. The highest BCUT2D eigenvalue weighted by molar-refractivity contribution is 5.42. The molecule has 1 heterocycles. The molecule has 0 spiro atoms. The first-order valence-corrected chi connectivity index (χ1v) is 6.81. The fourth-order valence-electron chi connectivity index (χ4n) is 1.50. The van der Waals surface area contributed by atoms with Gasteiger partial charge < -0.3 is 16.0 Å². The quantitative estimate of drug-likeness (QED) is 0.850. The minimum absolute atomic E-state index is 0.122. The van der Waals surface area contributed by atoms with Gasteiger partial charge in [-0.15, -0.1) is 0 Å². The highest BCUT2D eigenvalue weighted by atomic mass is 15.3. The molecule has 0 radical (unpaired) electrons. The maximum atomic E-state index is 5.76. The van der Waals surface area contributed by atoms with Crippen LogP contribution in [0, 0.1) is 5.41 Å². The van der Waals surface area contributed by atoms with Crippen molar-refractivity contribution in [1.29, 1.82) is 0 Å². The summed E-state index contributed by atoms with van der Waals surface area (Å²) in [4.78, 5) is 14.8. The molecule has 6 heteroatoms. The van der Waals surface area contributed by atoms with Gasteiger partial charge in [0.2, 0.25) is 17.8 Å². The summed E-state index contributed by atoms with van der Waals surface area (Å²) in [6, 6.07) is 0.235. The van der Waals surface area contributed by atoms with E-state index < -0.39 is 0 Å². The molecule has 108 valence electrons.